The molecule has 4 heteroatoms. The van der Waals surface area contributed by atoms with Crippen molar-refractivity contribution >= 4 is 11.7 Å². The fourth-order valence-electron chi connectivity index (χ4n) is 3.01. The number of nitrogens with one attached hydrogen (secondary N) is 1. The van der Waals surface area contributed by atoms with Gasteiger partial charge in [0, 0.05) is 26.3 Å². The Balaban J connectivity index is 2.00. The van der Waals surface area contributed by atoms with Crippen LogP contribution in [-0.4, -0.2) is 35.9 Å². The molecule has 0 unspecified atom stereocenters. The van der Waals surface area contributed by atoms with Crippen molar-refractivity contribution in [2.75, 3.05) is 25.5 Å². The molecule has 0 bridgehead atoms. The first-order valence-electron chi connectivity index (χ1n) is 8.16. The van der Waals surface area contributed by atoms with Crippen molar-refractivity contribution in [3.8, 4) is 0 Å². The lowest BCUT2D eigenvalue weighted by molar-refractivity contribution is 0.0761. The number of nitrogens with zero attached hydrogens (tertiary/aromatic N) is 2. The molecule has 0 aromatic carbocycles. The molecule has 1 N–H and O–H groups in total. The van der Waals surface area contributed by atoms with E-state index in [-0.39, 0.29) is 5.91 Å². The molecule has 116 valence electrons. The molecule has 2 rings (SSSR count). The van der Waals surface area contributed by atoms with E-state index in [0.29, 0.717) is 17.3 Å². The van der Waals surface area contributed by atoms with Crippen molar-refractivity contribution in [3.05, 3.63) is 23.9 Å². The van der Waals surface area contributed by atoms with Crippen molar-refractivity contribution < 1.29 is 4.79 Å². The highest BCUT2D eigenvalue weighted by Gasteiger charge is 2.21. The molecule has 1 aliphatic carbocycles. The van der Waals surface area contributed by atoms with Crippen LogP contribution in [0.2, 0.25) is 0 Å². The van der Waals surface area contributed by atoms with Crippen LogP contribution >= 0.6 is 0 Å². The summed E-state index contributed by atoms with van der Waals surface area (Å²) < 4.78 is 0. The standard InChI is InChI=1S/C17H27N3O/c1-3-11-18-16-15(10-7-12-19-16)17(21)20(2)13-14-8-5-4-6-9-14/h7,10,12,14H,3-6,8-9,11,13H2,1-2H3,(H,18,19). The monoisotopic (exact) mass is 289 g/mol. The molecule has 0 aliphatic heterocycles. The topological polar surface area (TPSA) is 45.2 Å². The molecule has 0 saturated heterocycles. The molecule has 1 amide bonds. The van der Waals surface area contributed by atoms with Crippen LogP contribution in [-0.2, 0) is 0 Å². The van der Waals surface area contributed by atoms with Crippen LogP contribution in [0.25, 0.3) is 0 Å². The normalized spacial score (nSPS) is 15.7. The molecule has 1 aliphatic rings. The average molecular weight is 289 g/mol. The maximum absolute atomic E-state index is 12.6. The molecule has 4 nitrogen and oxygen atoms in total. The SMILES string of the molecule is CCCNc1ncccc1C(=O)N(C)CC1CCCCC1. The van der Waals surface area contributed by atoms with Crippen LogP contribution in [0, 0.1) is 5.92 Å². The maximum atomic E-state index is 12.6. The number of amides is 1. The second-order valence-electron chi connectivity index (χ2n) is 6.02. The second-order valence-corrected chi connectivity index (χ2v) is 6.02. The van der Waals surface area contributed by atoms with Gasteiger partial charge in [-0.15, -0.1) is 0 Å². The Hall–Kier alpha value is -1.58. The summed E-state index contributed by atoms with van der Waals surface area (Å²) in [6.45, 7) is 3.80. The Morgan fingerprint density at radius 2 is 2.14 bits per heavy atom. The van der Waals surface area contributed by atoms with Crippen LogP contribution in [0.3, 0.4) is 0 Å². The van der Waals surface area contributed by atoms with Gasteiger partial charge in [0.05, 0.1) is 5.56 Å². The van der Waals surface area contributed by atoms with Crippen molar-refractivity contribution in [2.45, 2.75) is 45.4 Å². The highest BCUT2D eigenvalue weighted by Crippen LogP contribution is 2.25. The largest absolute Gasteiger partial charge is 0.369 e. The fraction of sp³-hybridized carbons (Fsp3) is 0.647. The molecule has 21 heavy (non-hydrogen) atoms. The van der Waals surface area contributed by atoms with E-state index in [9.17, 15) is 4.79 Å². The molecular formula is C17H27N3O. The fourth-order valence-corrected chi connectivity index (χ4v) is 3.01. The van der Waals surface area contributed by atoms with Gasteiger partial charge >= 0.3 is 0 Å². The van der Waals surface area contributed by atoms with Crippen LogP contribution in [0.5, 0.6) is 0 Å². The number of carbonyl (C=O) groups excluding carboxylic acids is 1. The second kappa shape index (κ2) is 8.01. The molecule has 0 spiro atoms. The molecule has 1 saturated carbocycles. The van der Waals surface area contributed by atoms with Gasteiger partial charge in [0.2, 0.25) is 0 Å². The predicted molar refractivity (Wildman–Crippen MR) is 86.6 cm³/mol. The Bertz CT molecular complexity index is 455. The lowest BCUT2D eigenvalue weighted by Gasteiger charge is -2.27. The third-order valence-corrected chi connectivity index (χ3v) is 4.18. The highest BCUT2D eigenvalue weighted by molar-refractivity contribution is 5.98. The number of rotatable bonds is 6. The van der Waals surface area contributed by atoms with Gasteiger partial charge in [0.25, 0.3) is 5.91 Å². The number of anilines is 1. The van der Waals surface area contributed by atoms with E-state index in [1.54, 1.807) is 6.20 Å². The van der Waals surface area contributed by atoms with Crippen molar-refractivity contribution in [1.82, 2.24) is 9.88 Å². The molecule has 1 fully saturated rings. The third-order valence-electron chi connectivity index (χ3n) is 4.18. The van der Waals surface area contributed by atoms with Crippen LogP contribution < -0.4 is 5.32 Å². The van der Waals surface area contributed by atoms with E-state index in [2.05, 4.69) is 17.2 Å². The van der Waals surface area contributed by atoms with Gasteiger partial charge in [-0.3, -0.25) is 4.79 Å². The summed E-state index contributed by atoms with van der Waals surface area (Å²) >= 11 is 0. The summed E-state index contributed by atoms with van der Waals surface area (Å²) in [5.41, 5.74) is 0.684. The number of hydrogen-bond acceptors (Lipinski definition) is 3. The van der Waals surface area contributed by atoms with E-state index < -0.39 is 0 Å². The third kappa shape index (κ3) is 4.45. The highest BCUT2D eigenvalue weighted by atomic mass is 16.2. The zero-order valence-electron chi connectivity index (χ0n) is 13.3. The minimum absolute atomic E-state index is 0.0762. The quantitative estimate of drug-likeness (QED) is 0.871. The Morgan fingerprint density at radius 3 is 2.86 bits per heavy atom. The van der Waals surface area contributed by atoms with Gasteiger partial charge in [-0.25, -0.2) is 4.98 Å². The maximum Gasteiger partial charge on any atom is 0.257 e. The van der Waals surface area contributed by atoms with Crippen LogP contribution in [0.4, 0.5) is 5.82 Å². The van der Waals surface area contributed by atoms with Gasteiger partial charge < -0.3 is 10.2 Å². The number of hydrogen-bond donors (Lipinski definition) is 1. The Kier molecular flexibility index (Phi) is 6.03. The van der Waals surface area contributed by atoms with Crippen molar-refractivity contribution in [1.29, 1.82) is 0 Å². The summed E-state index contributed by atoms with van der Waals surface area (Å²) in [5, 5.41) is 3.24. The van der Waals surface area contributed by atoms with Crippen molar-refractivity contribution in [2.24, 2.45) is 5.92 Å². The van der Waals surface area contributed by atoms with Gasteiger partial charge in [-0.05, 0) is 37.3 Å². The Morgan fingerprint density at radius 1 is 1.38 bits per heavy atom. The van der Waals surface area contributed by atoms with E-state index in [1.807, 2.05) is 24.1 Å². The van der Waals surface area contributed by atoms with Crippen molar-refractivity contribution in [3.63, 3.8) is 0 Å². The molecule has 1 aromatic heterocycles. The minimum Gasteiger partial charge on any atom is -0.369 e. The molecule has 0 atom stereocenters. The summed E-state index contributed by atoms with van der Waals surface area (Å²) in [6.07, 6.45) is 9.23. The molecule has 1 aromatic rings. The lowest BCUT2D eigenvalue weighted by Crippen LogP contribution is -2.33. The first-order chi connectivity index (χ1) is 10.2. The molecule has 1 heterocycles. The van der Waals surface area contributed by atoms with E-state index in [1.165, 1.54) is 32.1 Å². The lowest BCUT2D eigenvalue weighted by atomic mass is 9.89. The molecule has 0 radical (unpaired) electrons. The Labute approximate surface area is 127 Å². The number of pyridine rings is 1. The minimum atomic E-state index is 0.0762. The van der Waals surface area contributed by atoms with E-state index in [0.717, 1.165) is 19.5 Å². The first-order valence-corrected chi connectivity index (χ1v) is 8.16. The summed E-state index contributed by atoms with van der Waals surface area (Å²) in [4.78, 5) is 18.8. The molecular weight excluding hydrogens is 262 g/mol. The van der Waals surface area contributed by atoms with E-state index in [4.69, 9.17) is 0 Å². The van der Waals surface area contributed by atoms with Gasteiger partial charge in [0.1, 0.15) is 5.82 Å². The van der Waals surface area contributed by atoms with Crippen LogP contribution in [0.1, 0.15) is 55.8 Å². The van der Waals surface area contributed by atoms with Crippen LogP contribution in [0.15, 0.2) is 18.3 Å². The average Bonchev–Trinajstić information content (AvgIpc) is 2.53. The number of carbonyl (C=O) groups is 1. The smallest absolute Gasteiger partial charge is 0.257 e. The summed E-state index contributed by atoms with van der Waals surface area (Å²) in [5.74, 6) is 1.45. The number of aromatic nitrogens is 1. The zero-order chi connectivity index (χ0) is 15.1. The summed E-state index contributed by atoms with van der Waals surface area (Å²) in [6, 6.07) is 3.70. The predicted octanol–water partition coefficient (Wildman–Crippen LogP) is 3.56. The summed E-state index contributed by atoms with van der Waals surface area (Å²) in [7, 11) is 1.91. The zero-order valence-corrected chi connectivity index (χ0v) is 13.3. The van der Waals surface area contributed by atoms with Gasteiger partial charge in [-0.1, -0.05) is 26.2 Å². The van der Waals surface area contributed by atoms with E-state index >= 15 is 0 Å². The first kappa shape index (κ1) is 15.8. The van der Waals surface area contributed by atoms with Gasteiger partial charge in [-0.2, -0.15) is 0 Å². The van der Waals surface area contributed by atoms with Gasteiger partial charge in [0.15, 0.2) is 0 Å².